The highest BCUT2D eigenvalue weighted by Gasteiger charge is 2.17. The molecule has 0 fully saturated rings. The number of nitrogens with one attached hydrogen (secondary N) is 1. The fourth-order valence-electron chi connectivity index (χ4n) is 2.96. The monoisotopic (exact) mass is 360 g/mol. The van der Waals surface area contributed by atoms with Crippen molar-refractivity contribution in [2.75, 3.05) is 0 Å². The van der Waals surface area contributed by atoms with Gasteiger partial charge in [-0.1, -0.05) is 37.3 Å². The molecule has 5 heteroatoms. The molecular weight excluding hydrogens is 340 g/mol. The highest BCUT2D eigenvalue weighted by molar-refractivity contribution is 7.12. The summed E-state index contributed by atoms with van der Waals surface area (Å²) in [6.45, 7) is 2.19. The maximum absolute atomic E-state index is 6.43. The number of nitrogens with zero attached hydrogens (tertiary/aromatic N) is 2. The van der Waals surface area contributed by atoms with Crippen LogP contribution in [0.25, 0.3) is 11.4 Å². The van der Waals surface area contributed by atoms with Gasteiger partial charge in [-0.25, -0.2) is 4.98 Å². The van der Waals surface area contributed by atoms with Crippen LogP contribution in [0.4, 0.5) is 0 Å². The summed E-state index contributed by atoms with van der Waals surface area (Å²) < 4.78 is 0. The quantitative estimate of drug-likeness (QED) is 0.540. The van der Waals surface area contributed by atoms with Gasteiger partial charge in [-0.05, 0) is 29.8 Å². The van der Waals surface area contributed by atoms with Crippen LogP contribution in [0.2, 0.25) is 0 Å². The molecule has 0 saturated carbocycles. The average Bonchev–Trinajstić information content (AvgIpc) is 3.38. The van der Waals surface area contributed by atoms with Gasteiger partial charge in [0.1, 0.15) is 5.82 Å². The minimum atomic E-state index is -0.0868. The van der Waals surface area contributed by atoms with E-state index >= 15 is 0 Å². The number of aromatic nitrogens is 3. The van der Waals surface area contributed by atoms with Gasteiger partial charge in [-0.15, -0.1) is 11.3 Å². The number of aromatic amines is 1. The molecule has 2 atom stereocenters. The van der Waals surface area contributed by atoms with Crippen LogP contribution in [-0.4, -0.2) is 15.0 Å². The predicted octanol–water partition coefficient (Wildman–Crippen LogP) is 4.73. The molecule has 130 valence electrons. The van der Waals surface area contributed by atoms with Gasteiger partial charge in [-0.2, -0.15) is 0 Å². The number of benzene rings is 1. The molecular formula is C21H20N4S. The third-order valence-corrected chi connectivity index (χ3v) is 5.91. The molecule has 2 unspecified atom stereocenters. The molecule has 0 radical (unpaired) electrons. The number of rotatable bonds is 5. The van der Waals surface area contributed by atoms with E-state index in [2.05, 4.69) is 46.1 Å². The third kappa shape index (κ3) is 3.31. The summed E-state index contributed by atoms with van der Waals surface area (Å²) in [6.07, 6.45) is 5.46. The molecule has 4 nitrogen and oxygen atoms in total. The van der Waals surface area contributed by atoms with Gasteiger partial charge in [0.05, 0.1) is 6.04 Å². The topological polar surface area (TPSA) is 67.6 Å². The lowest BCUT2D eigenvalue weighted by Crippen LogP contribution is -2.09. The highest BCUT2D eigenvalue weighted by atomic mass is 32.1. The first-order valence-electron chi connectivity index (χ1n) is 8.58. The van der Waals surface area contributed by atoms with Crippen molar-refractivity contribution in [1.82, 2.24) is 15.0 Å². The van der Waals surface area contributed by atoms with Crippen LogP contribution >= 0.6 is 11.3 Å². The van der Waals surface area contributed by atoms with Crippen LogP contribution in [0.5, 0.6) is 0 Å². The predicted molar refractivity (Wildman–Crippen MR) is 106 cm³/mol. The lowest BCUT2D eigenvalue weighted by Gasteiger charge is -2.10. The zero-order valence-electron chi connectivity index (χ0n) is 14.5. The van der Waals surface area contributed by atoms with E-state index in [4.69, 9.17) is 5.73 Å². The van der Waals surface area contributed by atoms with Crippen LogP contribution in [0.1, 0.15) is 39.9 Å². The summed E-state index contributed by atoms with van der Waals surface area (Å²) in [6, 6.07) is 18.3. The van der Waals surface area contributed by atoms with Crippen LogP contribution < -0.4 is 5.73 Å². The van der Waals surface area contributed by atoms with E-state index in [-0.39, 0.29) is 12.0 Å². The first-order chi connectivity index (χ1) is 12.7. The molecule has 3 heterocycles. The van der Waals surface area contributed by atoms with Crippen LogP contribution in [-0.2, 0) is 0 Å². The number of hydrogen-bond donors (Lipinski definition) is 2. The second kappa shape index (κ2) is 7.23. The van der Waals surface area contributed by atoms with E-state index in [0.29, 0.717) is 0 Å². The molecule has 0 amide bonds. The number of nitrogens with two attached hydrogens (primary N) is 1. The van der Waals surface area contributed by atoms with E-state index in [1.807, 2.05) is 36.5 Å². The molecule has 0 spiro atoms. The fraction of sp³-hybridized carbons (Fsp3) is 0.143. The number of H-pyrrole nitrogens is 1. The van der Waals surface area contributed by atoms with Gasteiger partial charge in [0.25, 0.3) is 0 Å². The Kier molecular flexibility index (Phi) is 4.65. The first-order valence-corrected chi connectivity index (χ1v) is 9.39. The van der Waals surface area contributed by atoms with Crippen molar-refractivity contribution in [2.45, 2.75) is 18.9 Å². The van der Waals surface area contributed by atoms with E-state index in [1.165, 1.54) is 9.75 Å². The fourth-order valence-corrected chi connectivity index (χ4v) is 4.07. The highest BCUT2D eigenvalue weighted by Crippen LogP contribution is 2.33. The SMILES string of the molecule is CC(c1cnc(-c2ccncc2)[nH]1)c1ccc(C(N)c2ccccc2)s1. The van der Waals surface area contributed by atoms with Crippen molar-refractivity contribution in [3.63, 3.8) is 0 Å². The molecule has 4 aromatic rings. The molecule has 0 aliphatic rings. The Bertz CT molecular complexity index is 975. The van der Waals surface area contributed by atoms with Gasteiger partial charge in [0.2, 0.25) is 0 Å². The third-order valence-electron chi connectivity index (χ3n) is 4.56. The maximum atomic E-state index is 6.43. The summed E-state index contributed by atoms with van der Waals surface area (Å²) in [7, 11) is 0. The van der Waals surface area contributed by atoms with Crippen LogP contribution in [0.3, 0.4) is 0 Å². The normalized spacial score (nSPS) is 13.5. The van der Waals surface area contributed by atoms with Gasteiger partial charge >= 0.3 is 0 Å². The second-order valence-corrected chi connectivity index (χ2v) is 7.42. The lowest BCUT2D eigenvalue weighted by molar-refractivity contribution is 0.893. The van der Waals surface area contributed by atoms with Crippen LogP contribution in [0.15, 0.2) is 73.2 Å². The Balaban J connectivity index is 1.55. The van der Waals surface area contributed by atoms with Gasteiger partial charge in [0, 0.05) is 45.5 Å². The minimum absolute atomic E-state index is 0.0868. The van der Waals surface area contributed by atoms with Crippen molar-refractivity contribution in [3.05, 3.63) is 94.2 Å². The van der Waals surface area contributed by atoms with Crippen molar-refractivity contribution in [3.8, 4) is 11.4 Å². The Morgan fingerprint density at radius 2 is 1.69 bits per heavy atom. The van der Waals surface area contributed by atoms with Crippen molar-refractivity contribution < 1.29 is 0 Å². The van der Waals surface area contributed by atoms with E-state index in [1.54, 1.807) is 23.7 Å². The zero-order chi connectivity index (χ0) is 17.9. The van der Waals surface area contributed by atoms with Crippen molar-refractivity contribution >= 4 is 11.3 Å². The summed E-state index contributed by atoms with van der Waals surface area (Å²) in [5.74, 6) is 1.10. The van der Waals surface area contributed by atoms with Gasteiger partial charge < -0.3 is 10.7 Å². The van der Waals surface area contributed by atoms with Gasteiger partial charge in [0.15, 0.2) is 0 Å². The average molecular weight is 360 g/mol. The smallest absolute Gasteiger partial charge is 0.137 e. The largest absolute Gasteiger partial charge is 0.341 e. The van der Waals surface area contributed by atoms with E-state index in [0.717, 1.165) is 22.6 Å². The number of thiophene rings is 1. The Morgan fingerprint density at radius 3 is 2.46 bits per heavy atom. The van der Waals surface area contributed by atoms with Crippen LogP contribution in [0, 0.1) is 0 Å². The maximum Gasteiger partial charge on any atom is 0.137 e. The molecule has 1 aromatic carbocycles. The summed E-state index contributed by atoms with van der Waals surface area (Å²) in [5, 5.41) is 0. The minimum Gasteiger partial charge on any atom is -0.341 e. The molecule has 0 saturated heterocycles. The molecule has 26 heavy (non-hydrogen) atoms. The Morgan fingerprint density at radius 1 is 0.962 bits per heavy atom. The second-order valence-electron chi connectivity index (χ2n) is 6.27. The lowest BCUT2D eigenvalue weighted by atomic mass is 10.1. The number of hydrogen-bond acceptors (Lipinski definition) is 4. The first kappa shape index (κ1) is 16.7. The molecule has 3 N–H and O–H groups in total. The number of pyridine rings is 1. The molecule has 3 aromatic heterocycles. The van der Waals surface area contributed by atoms with Gasteiger partial charge in [-0.3, -0.25) is 4.98 Å². The van der Waals surface area contributed by atoms with Crippen molar-refractivity contribution in [2.24, 2.45) is 5.73 Å². The van der Waals surface area contributed by atoms with E-state index in [9.17, 15) is 0 Å². The standard InChI is InChI=1S/C21H20N4S/c1-14(17-13-24-21(25-17)16-9-11-23-12-10-16)18-7-8-19(26-18)20(22)15-5-3-2-4-6-15/h2-14,20H,22H2,1H3,(H,24,25). The molecule has 0 aliphatic carbocycles. The summed E-state index contributed by atoms with van der Waals surface area (Å²) >= 11 is 1.76. The zero-order valence-corrected chi connectivity index (χ0v) is 15.3. The Hall–Kier alpha value is -2.76. The Labute approximate surface area is 156 Å². The van der Waals surface area contributed by atoms with E-state index < -0.39 is 0 Å². The summed E-state index contributed by atoms with van der Waals surface area (Å²) in [5.41, 5.74) is 9.70. The van der Waals surface area contributed by atoms with Crippen molar-refractivity contribution in [1.29, 1.82) is 0 Å². The molecule has 4 rings (SSSR count). The molecule has 0 bridgehead atoms. The number of imidazole rings is 1. The summed E-state index contributed by atoms with van der Waals surface area (Å²) in [4.78, 5) is 14.5. The molecule has 0 aliphatic heterocycles.